The maximum absolute atomic E-state index is 5.41. The Morgan fingerprint density at radius 2 is 2.13 bits per heavy atom. The van der Waals surface area contributed by atoms with Gasteiger partial charge >= 0.3 is 0 Å². The second kappa shape index (κ2) is 6.00. The summed E-state index contributed by atoms with van der Waals surface area (Å²) < 4.78 is 5.41. The van der Waals surface area contributed by atoms with E-state index in [2.05, 4.69) is 23.2 Å². The zero-order valence-corrected chi connectivity index (χ0v) is 10.2. The van der Waals surface area contributed by atoms with Gasteiger partial charge in [0.1, 0.15) is 5.75 Å². The van der Waals surface area contributed by atoms with E-state index in [1.165, 1.54) is 10.5 Å². The molecule has 0 atom stereocenters. The van der Waals surface area contributed by atoms with Crippen molar-refractivity contribution in [2.75, 3.05) is 20.0 Å². The van der Waals surface area contributed by atoms with Crippen LogP contribution in [0.1, 0.15) is 11.1 Å². The van der Waals surface area contributed by atoms with Gasteiger partial charge in [-0.05, 0) is 24.8 Å². The topological polar surface area (TPSA) is 44.5 Å². The van der Waals surface area contributed by atoms with Crippen LogP contribution in [0.3, 0.4) is 0 Å². The van der Waals surface area contributed by atoms with E-state index in [0.717, 1.165) is 17.7 Å². The summed E-state index contributed by atoms with van der Waals surface area (Å²) in [5, 5.41) is 0. The maximum atomic E-state index is 5.41. The summed E-state index contributed by atoms with van der Waals surface area (Å²) in [4.78, 5) is 5.84. The molecule has 3 nitrogen and oxygen atoms in total. The van der Waals surface area contributed by atoms with Crippen molar-refractivity contribution in [3.05, 3.63) is 23.3 Å². The lowest BCUT2D eigenvalue weighted by Gasteiger charge is -2.14. The van der Waals surface area contributed by atoms with Gasteiger partial charge in [-0.3, -0.25) is 0 Å². The van der Waals surface area contributed by atoms with Crippen LogP contribution in [0, 0.1) is 6.92 Å². The number of ether oxygens (including phenoxy) is 1. The van der Waals surface area contributed by atoms with Gasteiger partial charge in [0.25, 0.3) is 0 Å². The predicted octanol–water partition coefficient (Wildman–Crippen LogP) is 2.16. The number of thioether (sulfide) groups is 1. The molecule has 0 bridgehead atoms. The highest BCUT2D eigenvalue weighted by Gasteiger charge is 2.11. The molecule has 0 spiro atoms. The van der Waals surface area contributed by atoms with E-state index < -0.39 is 0 Å². The second-order valence-electron chi connectivity index (χ2n) is 3.22. The lowest BCUT2D eigenvalue weighted by atomic mass is 10.1. The molecule has 1 aromatic carbocycles. The van der Waals surface area contributed by atoms with Crippen molar-refractivity contribution in [3.63, 3.8) is 0 Å². The first-order valence-electron chi connectivity index (χ1n) is 4.76. The van der Waals surface area contributed by atoms with Gasteiger partial charge in [-0.15, -0.1) is 11.8 Å². The van der Waals surface area contributed by atoms with E-state index in [9.17, 15) is 0 Å². The summed E-state index contributed by atoms with van der Waals surface area (Å²) in [6.45, 7) is 2.54. The van der Waals surface area contributed by atoms with Crippen LogP contribution in [-0.4, -0.2) is 20.0 Å². The molecule has 0 radical (unpaired) electrons. The molecular weight excluding hydrogens is 210 g/mol. The fourth-order valence-electron chi connectivity index (χ4n) is 1.60. The van der Waals surface area contributed by atoms with E-state index in [0.29, 0.717) is 6.61 Å². The highest BCUT2D eigenvalue weighted by molar-refractivity contribution is 7.98. The molecule has 0 aliphatic carbocycles. The molecule has 15 heavy (non-hydrogen) atoms. The van der Waals surface area contributed by atoms with E-state index in [1.807, 2.05) is 6.92 Å². The minimum absolute atomic E-state index is 0.507. The molecule has 0 fully saturated rings. The van der Waals surface area contributed by atoms with Crippen molar-refractivity contribution in [3.8, 4) is 5.75 Å². The summed E-state index contributed by atoms with van der Waals surface area (Å²) in [6, 6.07) is 4.17. The van der Waals surface area contributed by atoms with Crippen molar-refractivity contribution in [2.45, 2.75) is 18.2 Å². The zero-order chi connectivity index (χ0) is 11.3. The van der Waals surface area contributed by atoms with E-state index in [-0.39, 0.29) is 0 Å². The Morgan fingerprint density at radius 1 is 1.40 bits per heavy atom. The van der Waals surface area contributed by atoms with Crippen LogP contribution in [0.25, 0.3) is 0 Å². The van der Waals surface area contributed by atoms with Crippen LogP contribution in [0.5, 0.6) is 5.75 Å². The van der Waals surface area contributed by atoms with Crippen LogP contribution in [0.2, 0.25) is 0 Å². The Kier molecular flexibility index (Phi) is 4.94. The Balaban J connectivity index is 3.09. The van der Waals surface area contributed by atoms with Gasteiger partial charge in [-0.2, -0.15) is 0 Å². The molecule has 0 heterocycles. The molecule has 0 aliphatic rings. The van der Waals surface area contributed by atoms with E-state index >= 15 is 0 Å². The standard InChI is InChI=1S/C11H17NO2S/c1-8-4-5-10(15-3)9(6-7-14-12)11(8)13-2/h4-5H,6-7,12H2,1-3H3. The molecule has 1 rings (SSSR count). The number of hydrogen-bond donors (Lipinski definition) is 1. The molecule has 0 aliphatic heterocycles. The molecule has 0 saturated heterocycles. The van der Waals surface area contributed by atoms with Crippen LogP contribution >= 0.6 is 11.8 Å². The van der Waals surface area contributed by atoms with Gasteiger partial charge in [0.15, 0.2) is 0 Å². The summed E-state index contributed by atoms with van der Waals surface area (Å²) in [5.74, 6) is 5.99. The van der Waals surface area contributed by atoms with Crippen molar-refractivity contribution in [1.82, 2.24) is 0 Å². The molecule has 0 aromatic heterocycles. The minimum Gasteiger partial charge on any atom is -0.496 e. The summed E-state index contributed by atoms with van der Waals surface area (Å²) in [7, 11) is 1.69. The van der Waals surface area contributed by atoms with Crippen LogP contribution < -0.4 is 10.6 Å². The minimum atomic E-state index is 0.507. The first kappa shape index (κ1) is 12.4. The third kappa shape index (κ3) is 2.87. The van der Waals surface area contributed by atoms with Crippen LogP contribution in [-0.2, 0) is 11.3 Å². The molecule has 4 heteroatoms. The monoisotopic (exact) mass is 227 g/mol. The van der Waals surface area contributed by atoms with Gasteiger partial charge in [-0.25, -0.2) is 5.90 Å². The van der Waals surface area contributed by atoms with Crippen molar-refractivity contribution in [2.24, 2.45) is 5.90 Å². The Labute approximate surface area is 94.9 Å². The molecule has 2 N–H and O–H groups in total. The van der Waals surface area contributed by atoms with Gasteiger partial charge < -0.3 is 9.57 Å². The lowest BCUT2D eigenvalue weighted by molar-refractivity contribution is 0.140. The third-order valence-electron chi connectivity index (χ3n) is 2.31. The number of methoxy groups -OCH3 is 1. The maximum Gasteiger partial charge on any atom is 0.126 e. The Bertz CT molecular complexity index is 329. The zero-order valence-electron chi connectivity index (χ0n) is 9.37. The number of benzene rings is 1. The Hall–Kier alpha value is -0.710. The summed E-state index contributed by atoms with van der Waals surface area (Å²) in [6.07, 6.45) is 2.83. The SMILES string of the molecule is COc1c(C)ccc(SC)c1CCON. The van der Waals surface area contributed by atoms with Gasteiger partial charge in [0.05, 0.1) is 13.7 Å². The first-order chi connectivity index (χ1) is 7.24. The van der Waals surface area contributed by atoms with Crippen molar-refractivity contribution >= 4 is 11.8 Å². The molecular formula is C11H17NO2S. The fraction of sp³-hybridized carbons (Fsp3) is 0.455. The van der Waals surface area contributed by atoms with Crippen molar-refractivity contribution < 1.29 is 9.57 Å². The number of nitrogens with two attached hydrogens (primary N) is 1. The first-order valence-corrected chi connectivity index (χ1v) is 5.99. The molecule has 0 amide bonds. The number of hydrogen-bond acceptors (Lipinski definition) is 4. The molecule has 1 aromatic rings. The van der Waals surface area contributed by atoms with Crippen LogP contribution in [0.15, 0.2) is 17.0 Å². The average Bonchev–Trinajstić information content (AvgIpc) is 2.26. The van der Waals surface area contributed by atoms with E-state index in [1.54, 1.807) is 18.9 Å². The van der Waals surface area contributed by atoms with Crippen LogP contribution in [0.4, 0.5) is 0 Å². The number of rotatable bonds is 5. The summed E-state index contributed by atoms with van der Waals surface area (Å²) in [5.41, 5.74) is 2.32. The van der Waals surface area contributed by atoms with Gasteiger partial charge in [0, 0.05) is 16.9 Å². The van der Waals surface area contributed by atoms with Gasteiger partial charge in [0.2, 0.25) is 0 Å². The third-order valence-corrected chi connectivity index (χ3v) is 3.13. The predicted molar refractivity (Wildman–Crippen MR) is 63.4 cm³/mol. The average molecular weight is 227 g/mol. The largest absolute Gasteiger partial charge is 0.496 e. The molecule has 84 valence electrons. The van der Waals surface area contributed by atoms with Gasteiger partial charge in [-0.1, -0.05) is 6.07 Å². The van der Waals surface area contributed by atoms with E-state index in [4.69, 9.17) is 10.6 Å². The normalized spacial score (nSPS) is 10.4. The fourth-order valence-corrected chi connectivity index (χ4v) is 2.25. The highest BCUT2D eigenvalue weighted by Crippen LogP contribution is 2.32. The number of aryl methyl sites for hydroxylation is 1. The molecule has 0 saturated carbocycles. The second-order valence-corrected chi connectivity index (χ2v) is 4.07. The van der Waals surface area contributed by atoms with Crippen molar-refractivity contribution in [1.29, 1.82) is 0 Å². The quantitative estimate of drug-likeness (QED) is 0.618. The smallest absolute Gasteiger partial charge is 0.126 e. The lowest BCUT2D eigenvalue weighted by Crippen LogP contribution is -2.06. The Morgan fingerprint density at radius 3 is 2.67 bits per heavy atom. The summed E-state index contributed by atoms with van der Waals surface area (Å²) >= 11 is 1.71. The highest BCUT2D eigenvalue weighted by atomic mass is 32.2. The molecule has 0 unspecified atom stereocenters.